The molecule has 0 saturated heterocycles. The summed E-state index contributed by atoms with van der Waals surface area (Å²) in [6.07, 6.45) is 0.867. The van der Waals surface area contributed by atoms with Gasteiger partial charge in [0, 0.05) is 15.8 Å². The second-order valence-corrected chi connectivity index (χ2v) is 7.09. The van der Waals surface area contributed by atoms with Crippen LogP contribution in [0.1, 0.15) is 33.8 Å². The molecule has 108 valence electrons. The number of halogens is 2. The van der Waals surface area contributed by atoms with Crippen molar-refractivity contribution in [2.24, 2.45) is 0 Å². The molecule has 1 unspecified atom stereocenters. The molecule has 1 N–H and O–H groups in total. The highest BCUT2D eigenvalue weighted by molar-refractivity contribution is 9.10. The van der Waals surface area contributed by atoms with Gasteiger partial charge in [-0.2, -0.15) is 0 Å². The Hall–Kier alpha value is -0.710. The Morgan fingerprint density at radius 1 is 1.30 bits per heavy atom. The molecule has 2 aromatic rings. The fourth-order valence-electron chi connectivity index (χ4n) is 2.20. The first kappa shape index (κ1) is 15.7. The highest BCUT2D eigenvalue weighted by atomic mass is 79.9. The van der Waals surface area contributed by atoms with Crippen molar-refractivity contribution < 1.29 is 4.39 Å². The lowest BCUT2D eigenvalue weighted by molar-refractivity contribution is 0.556. The van der Waals surface area contributed by atoms with Crippen molar-refractivity contribution in [1.82, 2.24) is 5.32 Å². The SMILES string of the molecule is CCNC(Cc1ccc(F)c(Br)c1)c1cc(C)c(C)s1. The Morgan fingerprint density at radius 2 is 2.05 bits per heavy atom. The van der Waals surface area contributed by atoms with Gasteiger partial charge in [-0.25, -0.2) is 4.39 Å². The molecular weight excluding hydrogens is 337 g/mol. The van der Waals surface area contributed by atoms with Gasteiger partial charge in [0.05, 0.1) is 4.47 Å². The van der Waals surface area contributed by atoms with E-state index in [-0.39, 0.29) is 11.9 Å². The highest BCUT2D eigenvalue weighted by Crippen LogP contribution is 2.29. The van der Waals surface area contributed by atoms with Crippen molar-refractivity contribution in [3.8, 4) is 0 Å². The summed E-state index contributed by atoms with van der Waals surface area (Å²) < 4.78 is 13.8. The fourth-order valence-corrected chi connectivity index (χ4v) is 3.74. The molecule has 0 saturated carbocycles. The van der Waals surface area contributed by atoms with Crippen molar-refractivity contribution in [2.75, 3.05) is 6.54 Å². The van der Waals surface area contributed by atoms with E-state index in [1.54, 1.807) is 0 Å². The van der Waals surface area contributed by atoms with Crippen molar-refractivity contribution in [2.45, 2.75) is 33.2 Å². The molecule has 0 aliphatic heterocycles. The Bertz CT molecular complexity index is 575. The minimum Gasteiger partial charge on any atom is -0.309 e. The maximum atomic E-state index is 13.3. The maximum Gasteiger partial charge on any atom is 0.137 e. The summed E-state index contributed by atoms with van der Waals surface area (Å²) in [6.45, 7) is 7.33. The van der Waals surface area contributed by atoms with Gasteiger partial charge < -0.3 is 5.32 Å². The summed E-state index contributed by atoms with van der Waals surface area (Å²) in [5, 5.41) is 3.52. The standard InChI is InChI=1S/C16H19BrFNS/c1-4-19-15(16-7-10(2)11(3)20-16)9-12-5-6-14(18)13(17)8-12/h5-8,15,19H,4,9H2,1-3H3. The Kier molecular flexibility index (Phi) is 5.35. The fraction of sp³-hybridized carbons (Fsp3) is 0.375. The minimum atomic E-state index is -0.212. The molecule has 1 aromatic carbocycles. The van der Waals surface area contributed by atoms with Crippen LogP contribution in [0.25, 0.3) is 0 Å². The first-order valence-electron chi connectivity index (χ1n) is 6.75. The van der Waals surface area contributed by atoms with Crippen LogP contribution in [0.5, 0.6) is 0 Å². The van der Waals surface area contributed by atoms with E-state index in [1.807, 2.05) is 23.5 Å². The van der Waals surface area contributed by atoms with Gasteiger partial charge >= 0.3 is 0 Å². The van der Waals surface area contributed by atoms with E-state index in [0.29, 0.717) is 4.47 Å². The topological polar surface area (TPSA) is 12.0 Å². The Balaban J connectivity index is 2.22. The van der Waals surface area contributed by atoms with Crippen molar-refractivity contribution in [3.05, 3.63) is 55.4 Å². The largest absolute Gasteiger partial charge is 0.309 e. The first-order valence-corrected chi connectivity index (χ1v) is 8.36. The Morgan fingerprint density at radius 3 is 2.60 bits per heavy atom. The predicted molar refractivity (Wildman–Crippen MR) is 88.0 cm³/mol. The number of hydrogen-bond donors (Lipinski definition) is 1. The molecule has 4 heteroatoms. The molecule has 1 nitrogen and oxygen atoms in total. The first-order chi connectivity index (χ1) is 9.51. The molecule has 1 aromatic heterocycles. The third-order valence-corrected chi connectivity index (χ3v) is 5.28. The second-order valence-electron chi connectivity index (χ2n) is 4.95. The number of hydrogen-bond acceptors (Lipinski definition) is 2. The van der Waals surface area contributed by atoms with Crippen LogP contribution in [0.3, 0.4) is 0 Å². The number of aryl methyl sites for hydroxylation is 2. The molecule has 0 radical (unpaired) electrons. The predicted octanol–water partition coefficient (Wildman–Crippen LogP) is 5.16. The van der Waals surface area contributed by atoms with E-state index in [9.17, 15) is 4.39 Å². The molecular formula is C16H19BrFNS. The smallest absolute Gasteiger partial charge is 0.137 e. The van der Waals surface area contributed by atoms with Crippen LogP contribution >= 0.6 is 27.3 Å². The minimum absolute atomic E-state index is 0.212. The molecule has 1 atom stereocenters. The zero-order valence-electron chi connectivity index (χ0n) is 12.0. The molecule has 0 spiro atoms. The molecule has 2 rings (SSSR count). The number of thiophene rings is 1. The summed E-state index contributed by atoms with van der Waals surface area (Å²) in [6, 6.07) is 7.79. The van der Waals surface area contributed by atoms with Crippen LogP contribution in [-0.2, 0) is 6.42 Å². The molecule has 0 aliphatic carbocycles. The molecule has 1 heterocycles. The summed E-state index contributed by atoms with van der Waals surface area (Å²) in [7, 11) is 0. The monoisotopic (exact) mass is 355 g/mol. The highest BCUT2D eigenvalue weighted by Gasteiger charge is 2.15. The summed E-state index contributed by atoms with van der Waals surface area (Å²) in [5.74, 6) is -0.212. The lowest BCUT2D eigenvalue weighted by Crippen LogP contribution is -2.22. The quantitative estimate of drug-likeness (QED) is 0.780. The lowest BCUT2D eigenvalue weighted by Gasteiger charge is -2.17. The van der Waals surface area contributed by atoms with Gasteiger partial charge in [0.25, 0.3) is 0 Å². The van der Waals surface area contributed by atoms with Crippen LogP contribution in [-0.4, -0.2) is 6.54 Å². The number of nitrogens with one attached hydrogen (secondary N) is 1. The van der Waals surface area contributed by atoms with Gasteiger partial charge in [-0.15, -0.1) is 11.3 Å². The maximum absolute atomic E-state index is 13.3. The Labute approximate surface area is 132 Å². The average Bonchev–Trinajstić information content (AvgIpc) is 2.73. The van der Waals surface area contributed by atoms with Crippen LogP contribution in [0, 0.1) is 19.7 Å². The molecule has 20 heavy (non-hydrogen) atoms. The number of likely N-dealkylation sites (N-methyl/N-ethyl adjacent to an activating group) is 1. The van der Waals surface area contributed by atoms with E-state index >= 15 is 0 Å². The van der Waals surface area contributed by atoms with E-state index in [2.05, 4.69) is 48.1 Å². The molecule has 0 aliphatic rings. The van der Waals surface area contributed by atoms with Gasteiger partial charge in [-0.05, 0) is 72.1 Å². The summed E-state index contributed by atoms with van der Waals surface area (Å²) in [4.78, 5) is 2.71. The average molecular weight is 356 g/mol. The van der Waals surface area contributed by atoms with Gasteiger partial charge in [0.2, 0.25) is 0 Å². The normalized spacial score (nSPS) is 12.7. The van der Waals surface area contributed by atoms with E-state index in [4.69, 9.17) is 0 Å². The van der Waals surface area contributed by atoms with Gasteiger partial charge in [-0.3, -0.25) is 0 Å². The zero-order chi connectivity index (χ0) is 14.7. The van der Waals surface area contributed by atoms with Crippen molar-refractivity contribution in [1.29, 1.82) is 0 Å². The van der Waals surface area contributed by atoms with Crippen LogP contribution in [0.4, 0.5) is 4.39 Å². The van der Waals surface area contributed by atoms with Crippen LogP contribution in [0.2, 0.25) is 0 Å². The zero-order valence-corrected chi connectivity index (χ0v) is 14.4. The number of rotatable bonds is 5. The molecule has 0 bridgehead atoms. The van der Waals surface area contributed by atoms with Crippen LogP contribution < -0.4 is 5.32 Å². The van der Waals surface area contributed by atoms with E-state index in [0.717, 1.165) is 18.5 Å². The van der Waals surface area contributed by atoms with E-state index in [1.165, 1.54) is 21.4 Å². The van der Waals surface area contributed by atoms with Gasteiger partial charge in [0.1, 0.15) is 5.82 Å². The lowest BCUT2D eigenvalue weighted by atomic mass is 10.0. The van der Waals surface area contributed by atoms with Crippen LogP contribution in [0.15, 0.2) is 28.7 Å². The summed E-state index contributed by atoms with van der Waals surface area (Å²) in [5.41, 5.74) is 2.47. The van der Waals surface area contributed by atoms with Crippen molar-refractivity contribution >= 4 is 27.3 Å². The van der Waals surface area contributed by atoms with Gasteiger partial charge in [-0.1, -0.05) is 13.0 Å². The molecule has 0 amide bonds. The summed E-state index contributed by atoms with van der Waals surface area (Å²) >= 11 is 5.09. The second kappa shape index (κ2) is 6.83. The third kappa shape index (κ3) is 3.68. The van der Waals surface area contributed by atoms with Crippen molar-refractivity contribution in [3.63, 3.8) is 0 Å². The van der Waals surface area contributed by atoms with E-state index < -0.39 is 0 Å². The van der Waals surface area contributed by atoms with Gasteiger partial charge in [0.15, 0.2) is 0 Å². The third-order valence-electron chi connectivity index (χ3n) is 3.40. The number of benzene rings is 1. The molecule has 0 fully saturated rings.